The molecule has 0 fully saturated rings. The fourth-order valence-corrected chi connectivity index (χ4v) is 2.29. The van der Waals surface area contributed by atoms with Crippen LogP contribution in [0.2, 0.25) is 0 Å². The van der Waals surface area contributed by atoms with E-state index in [9.17, 15) is 0 Å². The van der Waals surface area contributed by atoms with Crippen molar-refractivity contribution in [1.82, 2.24) is 9.97 Å². The van der Waals surface area contributed by atoms with Gasteiger partial charge in [0.1, 0.15) is 11.6 Å². The van der Waals surface area contributed by atoms with Crippen LogP contribution in [0.25, 0.3) is 11.3 Å². The van der Waals surface area contributed by atoms with Crippen LogP contribution in [0.1, 0.15) is 43.3 Å². The second-order valence-electron chi connectivity index (χ2n) is 6.71. The van der Waals surface area contributed by atoms with Crippen molar-refractivity contribution in [2.75, 3.05) is 12.4 Å². The van der Waals surface area contributed by atoms with Crippen LogP contribution in [0.15, 0.2) is 18.2 Å². The first-order valence-corrected chi connectivity index (χ1v) is 7.38. The summed E-state index contributed by atoms with van der Waals surface area (Å²) in [5.41, 5.74) is 5.95. The van der Waals surface area contributed by atoms with E-state index in [1.54, 1.807) is 0 Å². The lowest BCUT2D eigenvalue weighted by molar-refractivity contribution is 0.547. The van der Waals surface area contributed by atoms with Gasteiger partial charge in [0.25, 0.3) is 0 Å². The molecule has 1 N–H and O–H groups in total. The lowest BCUT2D eigenvalue weighted by Crippen LogP contribution is -2.17. The monoisotopic (exact) mass is 283 g/mol. The molecular weight excluding hydrogens is 258 g/mol. The Hall–Kier alpha value is -1.90. The number of aryl methyl sites for hydroxylation is 3. The molecule has 1 aromatic carbocycles. The van der Waals surface area contributed by atoms with Gasteiger partial charge in [-0.1, -0.05) is 26.8 Å². The highest BCUT2D eigenvalue weighted by Gasteiger charge is 2.20. The van der Waals surface area contributed by atoms with Gasteiger partial charge in [0.2, 0.25) is 0 Å². The summed E-state index contributed by atoms with van der Waals surface area (Å²) in [4.78, 5) is 9.40. The van der Waals surface area contributed by atoms with Crippen LogP contribution in [0, 0.1) is 20.8 Å². The van der Waals surface area contributed by atoms with Crippen molar-refractivity contribution in [2.45, 2.75) is 47.0 Å². The van der Waals surface area contributed by atoms with E-state index in [4.69, 9.17) is 4.98 Å². The van der Waals surface area contributed by atoms with Crippen molar-refractivity contribution in [3.63, 3.8) is 0 Å². The number of aromatic nitrogens is 2. The summed E-state index contributed by atoms with van der Waals surface area (Å²) in [7, 11) is 1.89. The van der Waals surface area contributed by atoms with Gasteiger partial charge in [0, 0.05) is 24.1 Å². The highest BCUT2D eigenvalue weighted by molar-refractivity contribution is 5.67. The lowest BCUT2D eigenvalue weighted by Gasteiger charge is -2.19. The van der Waals surface area contributed by atoms with E-state index >= 15 is 0 Å². The fraction of sp³-hybridized carbons (Fsp3) is 0.444. The van der Waals surface area contributed by atoms with E-state index in [-0.39, 0.29) is 5.41 Å². The van der Waals surface area contributed by atoms with Gasteiger partial charge >= 0.3 is 0 Å². The molecule has 21 heavy (non-hydrogen) atoms. The van der Waals surface area contributed by atoms with E-state index in [2.05, 4.69) is 64.0 Å². The molecule has 0 atom stereocenters. The molecule has 1 aromatic heterocycles. The summed E-state index contributed by atoms with van der Waals surface area (Å²) in [6, 6.07) is 6.47. The Kier molecular flexibility index (Phi) is 4.04. The van der Waals surface area contributed by atoms with Crippen molar-refractivity contribution in [1.29, 1.82) is 0 Å². The molecule has 0 aliphatic heterocycles. The maximum absolute atomic E-state index is 4.80. The zero-order chi connectivity index (χ0) is 15.8. The maximum atomic E-state index is 4.80. The molecule has 3 heteroatoms. The average molecular weight is 283 g/mol. The Balaban J connectivity index is 2.66. The summed E-state index contributed by atoms with van der Waals surface area (Å²) in [5, 5.41) is 3.14. The fourth-order valence-electron chi connectivity index (χ4n) is 2.29. The Labute approximate surface area is 127 Å². The second kappa shape index (κ2) is 5.47. The molecule has 0 saturated heterocycles. The van der Waals surface area contributed by atoms with Gasteiger partial charge in [0.15, 0.2) is 0 Å². The van der Waals surface area contributed by atoms with Crippen LogP contribution in [0.3, 0.4) is 0 Å². The highest BCUT2D eigenvalue weighted by Crippen LogP contribution is 2.29. The predicted molar refractivity (Wildman–Crippen MR) is 89.9 cm³/mol. The number of hydrogen-bond donors (Lipinski definition) is 1. The summed E-state index contributed by atoms with van der Waals surface area (Å²) in [5.74, 6) is 1.73. The Morgan fingerprint density at radius 3 is 2.05 bits per heavy atom. The Bertz CT molecular complexity index is 667. The summed E-state index contributed by atoms with van der Waals surface area (Å²) in [6.07, 6.45) is 0. The zero-order valence-electron chi connectivity index (χ0n) is 14.1. The normalized spacial score (nSPS) is 11.6. The highest BCUT2D eigenvalue weighted by atomic mass is 15.0. The molecule has 0 aliphatic rings. The largest absolute Gasteiger partial charge is 0.373 e. The van der Waals surface area contributed by atoms with Gasteiger partial charge in [-0.25, -0.2) is 9.97 Å². The number of anilines is 1. The van der Waals surface area contributed by atoms with Gasteiger partial charge in [-0.05, 0) is 43.5 Å². The van der Waals surface area contributed by atoms with Gasteiger partial charge < -0.3 is 5.32 Å². The Morgan fingerprint density at radius 1 is 0.857 bits per heavy atom. The van der Waals surface area contributed by atoms with Crippen molar-refractivity contribution < 1.29 is 0 Å². The van der Waals surface area contributed by atoms with Crippen LogP contribution in [-0.2, 0) is 5.41 Å². The number of rotatable bonds is 2. The number of nitrogens with one attached hydrogen (secondary N) is 1. The van der Waals surface area contributed by atoms with Crippen molar-refractivity contribution in [2.24, 2.45) is 0 Å². The molecule has 0 saturated carbocycles. The van der Waals surface area contributed by atoms with E-state index in [0.29, 0.717) is 0 Å². The molecule has 0 unspecified atom stereocenters. The molecular formula is C18H25N3. The third-order valence-electron chi connectivity index (χ3n) is 3.77. The first-order valence-electron chi connectivity index (χ1n) is 7.38. The molecule has 2 rings (SSSR count). The number of hydrogen-bond acceptors (Lipinski definition) is 3. The predicted octanol–water partition coefficient (Wildman–Crippen LogP) is 4.41. The number of nitrogens with zero attached hydrogens (tertiary/aromatic N) is 2. The molecule has 0 aliphatic carbocycles. The minimum Gasteiger partial charge on any atom is -0.373 e. The van der Waals surface area contributed by atoms with Crippen LogP contribution < -0.4 is 5.32 Å². The smallest absolute Gasteiger partial charge is 0.136 e. The Morgan fingerprint density at radius 2 is 1.48 bits per heavy atom. The van der Waals surface area contributed by atoms with Gasteiger partial charge in [0.05, 0.1) is 5.69 Å². The molecule has 2 aromatic rings. The molecule has 112 valence electrons. The van der Waals surface area contributed by atoms with Crippen molar-refractivity contribution in [3.8, 4) is 11.3 Å². The van der Waals surface area contributed by atoms with Crippen molar-refractivity contribution >= 4 is 5.82 Å². The van der Waals surface area contributed by atoms with E-state index in [0.717, 1.165) is 17.3 Å². The SMILES string of the molecule is CNc1cc(-c2cc(C)c(C)cc2C)nc(C(C)(C)C)n1. The number of benzene rings is 1. The van der Waals surface area contributed by atoms with E-state index in [1.807, 2.05) is 13.1 Å². The summed E-state index contributed by atoms with van der Waals surface area (Å²) >= 11 is 0. The van der Waals surface area contributed by atoms with Crippen molar-refractivity contribution in [3.05, 3.63) is 40.7 Å². The molecule has 0 radical (unpaired) electrons. The maximum Gasteiger partial charge on any atom is 0.136 e. The molecule has 3 nitrogen and oxygen atoms in total. The first-order chi connectivity index (χ1) is 9.72. The summed E-state index contributed by atoms with van der Waals surface area (Å²) in [6.45, 7) is 12.8. The minimum atomic E-state index is -0.0742. The van der Waals surface area contributed by atoms with Crippen LogP contribution in [0.4, 0.5) is 5.82 Å². The third kappa shape index (κ3) is 3.23. The standard InChI is InChI=1S/C18H25N3/c1-11-8-13(3)14(9-12(11)2)15-10-16(19-7)21-17(20-15)18(4,5)6/h8-10H,1-7H3,(H,19,20,21). The van der Waals surface area contributed by atoms with Crippen LogP contribution in [-0.4, -0.2) is 17.0 Å². The quantitative estimate of drug-likeness (QED) is 0.887. The molecule has 1 heterocycles. The van der Waals surface area contributed by atoms with Crippen LogP contribution >= 0.6 is 0 Å². The lowest BCUT2D eigenvalue weighted by atomic mass is 9.94. The van der Waals surface area contributed by atoms with Gasteiger partial charge in [-0.3, -0.25) is 0 Å². The first kappa shape index (κ1) is 15.5. The topological polar surface area (TPSA) is 37.8 Å². The molecule has 0 amide bonds. The molecule has 0 bridgehead atoms. The van der Waals surface area contributed by atoms with Gasteiger partial charge in [-0.2, -0.15) is 0 Å². The van der Waals surface area contributed by atoms with Crippen LogP contribution in [0.5, 0.6) is 0 Å². The second-order valence-corrected chi connectivity index (χ2v) is 6.71. The van der Waals surface area contributed by atoms with Gasteiger partial charge in [-0.15, -0.1) is 0 Å². The van der Waals surface area contributed by atoms with E-state index < -0.39 is 0 Å². The third-order valence-corrected chi connectivity index (χ3v) is 3.77. The zero-order valence-corrected chi connectivity index (χ0v) is 14.1. The average Bonchev–Trinajstić information content (AvgIpc) is 2.41. The summed E-state index contributed by atoms with van der Waals surface area (Å²) < 4.78 is 0. The minimum absolute atomic E-state index is 0.0742. The van der Waals surface area contributed by atoms with E-state index in [1.165, 1.54) is 22.3 Å². The molecule has 0 spiro atoms.